The molecule has 0 radical (unpaired) electrons. The highest BCUT2D eigenvalue weighted by atomic mass is 16.6. The van der Waals surface area contributed by atoms with E-state index in [1.807, 2.05) is 32.9 Å². The van der Waals surface area contributed by atoms with Gasteiger partial charge in [0.2, 0.25) is 0 Å². The number of anilines is 1. The molecule has 1 saturated carbocycles. The molecule has 0 atom stereocenters. The van der Waals surface area contributed by atoms with Gasteiger partial charge in [0.15, 0.2) is 0 Å². The summed E-state index contributed by atoms with van der Waals surface area (Å²) in [5, 5.41) is 6.10. The number of hydrogen-bond donors (Lipinski definition) is 3. The standard InChI is InChI=1S/C17H27N3O3/c1-17(2,3)23-16(21)20-13-5-4-6-15(11-13)22-8-7-19-14-9-12(18)10-14/h4-6,11-12,14,19H,7-10,18H2,1-3H3,(H,20,21). The van der Waals surface area contributed by atoms with E-state index < -0.39 is 11.7 Å². The van der Waals surface area contributed by atoms with Gasteiger partial charge in [-0.05, 0) is 45.7 Å². The summed E-state index contributed by atoms with van der Waals surface area (Å²) in [5.74, 6) is 0.714. The highest BCUT2D eigenvalue weighted by Gasteiger charge is 2.24. The fourth-order valence-electron chi connectivity index (χ4n) is 2.35. The molecule has 1 amide bonds. The minimum absolute atomic E-state index is 0.351. The van der Waals surface area contributed by atoms with Crippen molar-refractivity contribution in [2.24, 2.45) is 5.73 Å². The summed E-state index contributed by atoms with van der Waals surface area (Å²) in [6, 6.07) is 8.14. The summed E-state index contributed by atoms with van der Waals surface area (Å²) in [6.07, 6.45) is 1.60. The summed E-state index contributed by atoms with van der Waals surface area (Å²) in [7, 11) is 0. The van der Waals surface area contributed by atoms with E-state index in [4.69, 9.17) is 15.2 Å². The van der Waals surface area contributed by atoms with E-state index in [1.165, 1.54) is 0 Å². The number of hydrogen-bond acceptors (Lipinski definition) is 5. The van der Waals surface area contributed by atoms with E-state index in [0.29, 0.717) is 30.1 Å². The van der Waals surface area contributed by atoms with Gasteiger partial charge in [-0.15, -0.1) is 0 Å². The third-order valence-corrected chi connectivity index (χ3v) is 3.46. The minimum atomic E-state index is -0.520. The van der Waals surface area contributed by atoms with Crippen LogP contribution in [-0.2, 0) is 4.74 Å². The number of amides is 1. The van der Waals surface area contributed by atoms with Crippen molar-refractivity contribution >= 4 is 11.8 Å². The highest BCUT2D eigenvalue weighted by Crippen LogP contribution is 2.19. The van der Waals surface area contributed by atoms with Gasteiger partial charge < -0.3 is 20.5 Å². The molecule has 1 aromatic rings. The molecule has 0 aliphatic heterocycles. The summed E-state index contributed by atoms with van der Waals surface area (Å²) in [4.78, 5) is 11.7. The fourth-order valence-corrected chi connectivity index (χ4v) is 2.35. The number of ether oxygens (including phenoxy) is 2. The lowest BCUT2D eigenvalue weighted by Crippen LogP contribution is -2.49. The van der Waals surface area contributed by atoms with Crippen molar-refractivity contribution in [1.82, 2.24) is 5.32 Å². The molecule has 128 valence electrons. The second kappa shape index (κ2) is 7.66. The second-order valence-electron chi connectivity index (χ2n) is 6.89. The number of rotatable bonds is 6. The molecule has 0 spiro atoms. The lowest BCUT2D eigenvalue weighted by atomic mass is 9.88. The molecule has 1 aliphatic carbocycles. The maximum absolute atomic E-state index is 11.7. The first-order valence-electron chi connectivity index (χ1n) is 8.04. The van der Waals surface area contributed by atoms with Crippen LogP contribution in [0, 0.1) is 0 Å². The maximum Gasteiger partial charge on any atom is 0.412 e. The van der Waals surface area contributed by atoms with Crippen molar-refractivity contribution in [2.75, 3.05) is 18.5 Å². The molecule has 0 aromatic heterocycles. The van der Waals surface area contributed by atoms with Gasteiger partial charge in [-0.25, -0.2) is 4.79 Å². The van der Waals surface area contributed by atoms with Crippen molar-refractivity contribution in [3.63, 3.8) is 0 Å². The van der Waals surface area contributed by atoms with Gasteiger partial charge in [0, 0.05) is 30.4 Å². The molecule has 2 rings (SSSR count). The van der Waals surface area contributed by atoms with E-state index >= 15 is 0 Å². The Bertz CT molecular complexity index is 522. The van der Waals surface area contributed by atoms with Crippen LogP contribution in [0.3, 0.4) is 0 Å². The third-order valence-electron chi connectivity index (χ3n) is 3.46. The van der Waals surface area contributed by atoms with E-state index in [2.05, 4.69) is 10.6 Å². The first-order valence-corrected chi connectivity index (χ1v) is 8.04. The predicted octanol–water partition coefficient (Wildman–Crippen LogP) is 2.49. The van der Waals surface area contributed by atoms with Crippen molar-refractivity contribution in [3.8, 4) is 5.75 Å². The Morgan fingerprint density at radius 1 is 1.35 bits per heavy atom. The Labute approximate surface area is 137 Å². The number of benzene rings is 1. The van der Waals surface area contributed by atoms with Gasteiger partial charge in [0.25, 0.3) is 0 Å². The first-order chi connectivity index (χ1) is 10.8. The van der Waals surface area contributed by atoms with Crippen LogP contribution in [0.2, 0.25) is 0 Å². The molecule has 23 heavy (non-hydrogen) atoms. The maximum atomic E-state index is 11.7. The number of carbonyl (C=O) groups is 1. The Balaban J connectivity index is 1.72. The van der Waals surface area contributed by atoms with Crippen LogP contribution in [0.15, 0.2) is 24.3 Å². The first kappa shape index (κ1) is 17.6. The zero-order chi connectivity index (χ0) is 16.9. The van der Waals surface area contributed by atoms with Crippen LogP contribution < -0.4 is 21.1 Å². The zero-order valence-electron chi connectivity index (χ0n) is 14.1. The molecule has 0 heterocycles. The van der Waals surface area contributed by atoms with Gasteiger partial charge in [-0.1, -0.05) is 6.07 Å². The van der Waals surface area contributed by atoms with Crippen molar-refractivity contribution < 1.29 is 14.3 Å². The monoisotopic (exact) mass is 321 g/mol. The van der Waals surface area contributed by atoms with Crippen LogP contribution in [0.5, 0.6) is 5.75 Å². The van der Waals surface area contributed by atoms with E-state index in [9.17, 15) is 4.79 Å². The molecule has 6 heteroatoms. The minimum Gasteiger partial charge on any atom is -0.492 e. The molecule has 0 saturated heterocycles. The normalized spacial score (nSPS) is 20.5. The van der Waals surface area contributed by atoms with E-state index in [-0.39, 0.29) is 0 Å². The summed E-state index contributed by atoms with van der Waals surface area (Å²) in [5.41, 5.74) is 5.87. The van der Waals surface area contributed by atoms with Crippen molar-refractivity contribution in [2.45, 2.75) is 51.3 Å². The quantitative estimate of drug-likeness (QED) is 0.701. The van der Waals surface area contributed by atoms with Crippen LogP contribution in [0.4, 0.5) is 10.5 Å². The van der Waals surface area contributed by atoms with Gasteiger partial charge in [0.1, 0.15) is 18.0 Å². The molecule has 0 bridgehead atoms. The van der Waals surface area contributed by atoms with Gasteiger partial charge in [0.05, 0.1) is 0 Å². The van der Waals surface area contributed by atoms with E-state index in [0.717, 1.165) is 19.4 Å². The smallest absolute Gasteiger partial charge is 0.412 e. The van der Waals surface area contributed by atoms with Crippen molar-refractivity contribution in [3.05, 3.63) is 24.3 Å². The average molecular weight is 321 g/mol. The zero-order valence-corrected chi connectivity index (χ0v) is 14.1. The van der Waals surface area contributed by atoms with E-state index in [1.54, 1.807) is 12.1 Å². The molecule has 1 aliphatic rings. The number of nitrogens with one attached hydrogen (secondary N) is 2. The van der Waals surface area contributed by atoms with Crippen LogP contribution in [0.1, 0.15) is 33.6 Å². The molecule has 1 aromatic carbocycles. The summed E-state index contributed by atoms with van der Waals surface area (Å²) in [6.45, 7) is 6.83. The molecule has 0 unspecified atom stereocenters. The molecule has 4 N–H and O–H groups in total. The van der Waals surface area contributed by atoms with Crippen LogP contribution in [-0.4, -0.2) is 36.9 Å². The van der Waals surface area contributed by atoms with Crippen molar-refractivity contribution in [1.29, 1.82) is 0 Å². The number of nitrogens with two attached hydrogens (primary N) is 1. The fraction of sp³-hybridized carbons (Fsp3) is 0.588. The topological polar surface area (TPSA) is 85.6 Å². The van der Waals surface area contributed by atoms with Gasteiger partial charge in [-0.3, -0.25) is 5.32 Å². The summed E-state index contributed by atoms with van der Waals surface area (Å²) >= 11 is 0. The number of carbonyl (C=O) groups excluding carboxylic acids is 1. The lowest BCUT2D eigenvalue weighted by molar-refractivity contribution is 0.0636. The molecular weight excluding hydrogens is 294 g/mol. The molecule has 1 fully saturated rings. The molecular formula is C17H27N3O3. The third kappa shape index (κ3) is 6.46. The Kier molecular flexibility index (Phi) is 5.85. The Hall–Kier alpha value is -1.79. The average Bonchev–Trinajstić information content (AvgIpc) is 2.39. The van der Waals surface area contributed by atoms with Crippen LogP contribution >= 0.6 is 0 Å². The summed E-state index contributed by atoms with van der Waals surface area (Å²) < 4.78 is 10.9. The largest absolute Gasteiger partial charge is 0.492 e. The Morgan fingerprint density at radius 2 is 2.09 bits per heavy atom. The van der Waals surface area contributed by atoms with Crippen LogP contribution in [0.25, 0.3) is 0 Å². The predicted molar refractivity (Wildman–Crippen MR) is 90.8 cm³/mol. The van der Waals surface area contributed by atoms with Gasteiger partial charge in [-0.2, -0.15) is 0 Å². The lowest BCUT2D eigenvalue weighted by Gasteiger charge is -2.33. The highest BCUT2D eigenvalue weighted by molar-refractivity contribution is 5.85. The second-order valence-corrected chi connectivity index (χ2v) is 6.89. The SMILES string of the molecule is CC(C)(C)OC(=O)Nc1cccc(OCCNC2CC(N)C2)c1. The van der Waals surface area contributed by atoms with Gasteiger partial charge >= 0.3 is 6.09 Å². The Morgan fingerprint density at radius 3 is 2.74 bits per heavy atom. The molecule has 6 nitrogen and oxygen atoms in total.